The predicted molar refractivity (Wildman–Crippen MR) is 183 cm³/mol. The molecule has 2 heterocycles. The summed E-state index contributed by atoms with van der Waals surface area (Å²) in [5, 5.41) is 20.2. The number of nitrogens with zero attached hydrogens (tertiary/aromatic N) is 5. The summed E-state index contributed by atoms with van der Waals surface area (Å²) < 4.78 is 73.3. The van der Waals surface area contributed by atoms with Crippen molar-refractivity contribution in [2.24, 2.45) is 0 Å². The Bertz CT molecular complexity index is 1940. The standard InChI is InChI=1S/C30H38ClN5O8S2Si/c1-42-24-11-9-12-25(43-2)28(24)36-29(22-10-8-13-27(32-22)44-3)33-34-30(36)35(16-17-47(5,6)7)46(40,41)19-23(37)21-15-14-20(31)18-26(21)45(4,38)39/h8-15,18,23,37H,16-17,19H2,1-7H3. The van der Waals surface area contributed by atoms with Crippen molar-refractivity contribution < 1.29 is 36.2 Å². The van der Waals surface area contributed by atoms with Crippen molar-refractivity contribution in [3.8, 4) is 34.6 Å². The van der Waals surface area contributed by atoms with Crippen LogP contribution in [0.15, 0.2) is 59.5 Å². The Morgan fingerprint density at radius 1 is 0.936 bits per heavy atom. The van der Waals surface area contributed by atoms with Gasteiger partial charge in [0.25, 0.3) is 0 Å². The van der Waals surface area contributed by atoms with Gasteiger partial charge in [-0.1, -0.05) is 49.4 Å². The van der Waals surface area contributed by atoms with Crippen LogP contribution in [0.2, 0.25) is 30.7 Å². The number of sulfonamides is 1. The molecule has 0 amide bonds. The minimum absolute atomic E-state index is 0.00847. The molecule has 0 fully saturated rings. The van der Waals surface area contributed by atoms with E-state index in [1.54, 1.807) is 36.4 Å². The molecule has 13 nitrogen and oxygen atoms in total. The number of halogens is 1. The van der Waals surface area contributed by atoms with Crippen LogP contribution in [0.5, 0.6) is 17.4 Å². The summed E-state index contributed by atoms with van der Waals surface area (Å²) in [5.41, 5.74) is 0.528. The third kappa shape index (κ3) is 8.24. The van der Waals surface area contributed by atoms with E-state index in [9.17, 15) is 21.9 Å². The Morgan fingerprint density at radius 2 is 1.57 bits per heavy atom. The fourth-order valence-electron chi connectivity index (χ4n) is 4.80. The minimum atomic E-state index is -4.44. The fourth-order valence-corrected chi connectivity index (χ4v) is 8.56. The molecule has 2 aromatic carbocycles. The topological polar surface area (TPSA) is 163 Å². The highest BCUT2D eigenvalue weighted by Crippen LogP contribution is 2.39. The maximum atomic E-state index is 14.4. The third-order valence-electron chi connectivity index (χ3n) is 7.16. The number of aliphatic hydroxyl groups is 1. The first-order chi connectivity index (χ1) is 22.0. The van der Waals surface area contributed by atoms with Gasteiger partial charge in [0, 0.05) is 37.5 Å². The van der Waals surface area contributed by atoms with Gasteiger partial charge in [-0.15, -0.1) is 10.2 Å². The highest BCUT2D eigenvalue weighted by Gasteiger charge is 2.35. The van der Waals surface area contributed by atoms with Gasteiger partial charge in [0.15, 0.2) is 15.7 Å². The number of methoxy groups -OCH3 is 3. The average molecular weight is 724 g/mol. The Morgan fingerprint density at radius 3 is 2.15 bits per heavy atom. The number of para-hydroxylation sites is 1. The summed E-state index contributed by atoms with van der Waals surface area (Å²) in [6.07, 6.45) is -0.769. The van der Waals surface area contributed by atoms with E-state index in [1.807, 2.05) is 0 Å². The predicted octanol–water partition coefficient (Wildman–Crippen LogP) is 4.62. The van der Waals surface area contributed by atoms with Crippen molar-refractivity contribution in [1.29, 1.82) is 0 Å². The number of ether oxygens (including phenoxy) is 3. The van der Waals surface area contributed by atoms with Gasteiger partial charge in [-0.05, 0) is 36.4 Å². The Labute approximate surface area is 281 Å². The smallest absolute Gasteiger partial charge is 0.246 e. The molecular weight excluding hydrogens is 686 g/mol. The quantitative estimate of drug-likeness (QED) is 0.181. The lowest BCUT2D eigenvalue weighted by Crippen LogP contribution is -2.40. The van der Waals surface area contributed by atoms with Crippen LogP contribution in [0.25, 0.3) is 17.2 Å². The van der Waals surface area contributed by atoms with Crippen molar-refractivity contribution in [3.63, 3.8) is 0 Å². The lowest BCUT2D eigenvalue weighted by molar-refractivity contribution is 0.198. The summed E-state index contributed by atoms with van der Waals surface area (Å²) >= 11 is 6.05. The maximum Gasteiger partial charge on any atom is 0.246 e. The van der Waals surface area contributed by atoms with Gasteiger partial charge in [-0.25, -0.2) is 26.1 Å². The van der Waals surface area contributed by atoms with Crippen molar-refractivity contribution in [1.82, 2.24) is 19.7 Å². The van der Waals surface area contributed by atoms with Crippen LogP contribution < -0.4 is 18.5 Å². The fraction of sp³-hybridized carbons (Fsp3) is 0.367. The number of rotatable bonds is 14. The van der Waals surface area contributed by atoms with E-state index in [0.29, 0.717) is 34.8 Å². The normalized spacial score (nSPS) is 12.9. The first-order valence-electron chi connectivity index (χ1n) is 14.4. The number of pyridine rings is 1. The molecule has 0 saturated carbocycles. The van der Waals surface area contributed by atoms with E-state index in [1.165, 1.54) is 44.1 Å². The van der Waals surface area contributed by atoms with E-state index < -0.39 is 39.8 Å². The van der Waals surface area contributed by atoms with Crippen molar-refractivity contribution in [3.05, 3.63) is 65.2 Å². The van der Waals surface area contributed by atoms with Crippen molar-refractivity contribution in [2.75, 3.05) is 44.2 Å². The molecule has 0 aliphatic heterocycles. The number of anilines is 1. The van der Waals surface area contributed by atoms with E-state index >= 15 is 0 Å². The van der Waals surface area contributed by atoms with E-state index in [0.717, 1.165) is 10.6 Å². The molecule has 0 aliphatic rings. The number of hydrogen-bond acceptors (Lipinski definition) is 11. The van der Waals surface area contributed by atoms with Crippen LogP contribution >= 0.6 is 11.6 Å². The molecule has 1 unspecified atom stereocenters. The SMILES string of the molecule is COc1cccc(-c2nnc(N(CC[Si](C)(C)C)S(=O)(=O)CC(O)c3ccc(Cl)cc3S(C)(=O)=O)n2-c2c(OC)cccc2OC)n1. The lowest BCUT2D eigenvalue weighted by atomic mass is 10.1. The number of aliphatic hydroxyl groups excluding tert-OH is 1. The van der Waals surface area contributed by atoms with Crippen LogP contribution in [-0.4, -0.2) is 89.6 Å². The monoisotopic (exact) mass is 723 g/mol. The highest BCUT2D eigenvalue weighted by molar-refractivity contribution is 7.92. The zero-order chi connectivity index (χ0) is 34.7. The van der Waals surface area contributed by atoms with Crippen LogP contribution in [0.4, 0.5) is 5.95 Å². The molecule has 0 aliphatic carbocycles. The van der Waals surface area contributed by atoms with Gasteiger partial charge in [-0.2, -0.15) is 0 Å². The molecule has 1 N–H and O–H groups in total. The van der Waals surface area contributed by atoms with Gasteiger partial charge in [-0.3, -0.25) is 4.57 Å². The molecule has 2 aromatic heterocycles. The summed E-state index contributed by atoms with van der Waals surface area (Å²) in [4.78, 5) is 4.24. The molecule has 0 spiro atoms. The molecule has 0 bridgehead atoms. The number of hydrogen-bond donors (Lipinski definition) is 1. The summed E-state index contributed by atoms with van der Waals surface area (Å²) in [5.74, 6) is 0.129. The van der Waals surface area contributed by atoms with Gasteiger partial charge in [0.05, 0.1) is 38.1 Å². The first-order valence-corrected chi connectivity index (χ1v) is 22.0. The number of sulfone groups is 1. The molecule has 0 radical (unpaired) electrons. The Hall–Kier alpha value is -3.70. The number of benzene rings is 2. The molecule has 4 aromatic rings. The van der Waals surface area contributed by atoms with Crippen LogP contribution in [0, 0.1) is 0 Å². The molecule has 17 heteroatoms. The zero-order valence-electron chi connectivity index (χ0n) is 27.1. The van der Waals surface area contributed by atoms with Crippen LogP contribution in [0.1, 0.15) is 11.7 Å². The maximum absolute atomic E-state index is 14.4. The minimum Gasteiger partial charge on any atom is -0.494 e. The van der Waals surface area contributed by atoms with E-state index in [2.05, 4.69) is 34.8 Å². The molecule has 254 valence electrons. The second-order valence-corrected chi connectivity index (χ2v) is 21.8. The molecule has 4 rings (SSSR count). The second-order valence-electron chi connectivity index (χ2n) is 11.9. The highest BCUT2D eigenvalue weighted by atomic mass is 35.5. The van der Waals surface area contributed by atoms with Crippen LogP contribution in [0.3, 0.4) is 0 Å². The van der Waals surface area contributed by atoms with Gasteiger partial charge in [0.2, 0.25) is 21.9 Å². The van der Waals surface area contributed by atoms with E-state index in [-0.39, 0.29) is 33.8 Å². The zero-order valence-corrected chi connectivity index (χ0v) is 30.5. The molecule has 47 heavy (non-hydrogen) atoms. The first kappa shape index (κ1) is 36.1. The van der Waals surface area contributed by atoms with E-state index in [4.69, 9.17) is 25.8 Å². The van der Waals surface area contributed by atoms with Gasteiger partial charge < -0.3 is 19.3 Å². The molecule has 1 atom stereocenters. The lowest BCUT2D eigenvalue weighted by Gasteiger charge is -2.28. The second kappa shape index (κ2) is 14.2. The average Bonchev–Trinajstić information content (AvgIpc) is 3.43. The Balaban J connectivity index is 1.98. The van der Waals surface area contributed by atoms with Crippen molar-refractivity contribution in [2.45, 2.75) is 36.7 Å². The largest absolute Gasteiger partial charge is 0.494 e. The third-order valence-corrected chi connectivity index (χ3v) is 12.0. The Kier molecular flexibility index (Phi) is 10.9. The van der Waals surface area contributed by atoms with Gasteiger partial charge >= 0.3 is 0 Å². The summed E-state index contributed by atoms with van der Waals surface area (Å²) in [6, 6.07) is 14.5. The molecular formula is C30H38ClN5O8S2Si. The van der Waals surface area contributed by atoms with Crippen LogP contribution in [-0.2, 0) is 19.9 Å². The summed E-state index contributed by atoms with van der Waals surface area (Å²) in [7, 11) is -5.78. The van der Waals surface area contributed by atoms with Crippen molar-refractivity contribution >= 4 is 45.5 Å². The molecule has 0 saturated heterocycles. The summed E-state index contributed by atoms with van der Waals surface area (Å²) in [6.45, 7) is 6.28. The van der Waals surface area contributed by atoms with Gasteiger partial charge in [0.1, 0.15) is 22.9 Å². The number of aromatic nitrogens is 4.